The summed E-state index contributed by atoms with van der Waals surface area (Å²) in [5, 5.41) is 16.6. The van der Waals surface area contributed by atoms with Crippen molar-refractivity contribution < 1.29 is 29.0 Å². The van der Waals surface area contributed by atoms with Gasteiger partial charge in [-0.25, -0.2) is 0 Å². The Bertz CT molecular complexity index is 853. The van der Waals surface area contributed by atoms with Gasteiger partial charge >= 0.3 is 0 Å². The number of benzene rings is 2. The molecular formula is C22H27N3O6. The first-order valence-electron chi connectivity index (χ1n) is 9.93. The van der Waals surface area contributed by atoms with E-state index >= 15 is 0 Å². The molecule has 0 saturated carbocycles. The summed E-state index contributed by atoms with van der Waals surface area (Å²) in [6, 6.07) is 13.1. The third-order valence-electron chi connectivity index (χ3n) is 3.97. The summed E-state index contributed by atoms with van der Waals surface area (Å²) >= 11 is 0. The van der Waals surface area contributed by atoms with Gasteiger partial charge in [-0.2, -0.15) is 0 Å². The van der Waals surface area contributed by atoms with Gasteiger partial charge in [0.25, 0.3) is 17.7 Å². The minimum atomic E-state index is -0.343. The van der Waals surface area contributed by atoms with E-state index in [1.807, 2.05) is 6.92 Å². The van der Waals surface area contributed by atoms with Crippen molar-refractivity contribution in [1.29, 1.82) is 0 Å². The lowest BCUT2D eigenvalue weighted by molar-refractivity contribution is -0.123. The van der Waals surface area contributed by atoms with Crippen LogP contribution in [-0.4, -0.2) is 55.7 Å². The highest BCUT2D eigenvalue weighted by molar-refractivity contribution is 6.04. The van der Waals surface area contributed by atoms with E-state index in [1.54, 1.807) is 48.5 Å². The second-order valence-electron chi connectivity index (χ2n) is 6.50. The van der Waals surface area contributed by atoms with Crippen molar-refractivity contribution in [2.24, 2.45) is 0 Å². The third kappa shape index (κ3) is 8.75. The molecule has 0 aliphatic heterocycles. The number of amides is 3. The zero-order chi connectivity index (χ0) is 22.5. The summed E-state index contributed by atoms with van der Waals surface area (Å²) < 4.78 is 10.7. The van der Waals surface area contributed by atoms with E-state index in [1.165, 1.54) is 0 Å². The van der Waals surface area contributed by atoms with Gasteiger partial charge in [0.15, 0.2) is 13.2 Å². The number of carbonyl (C=O) groups is 3. The molecule has 0 spiro atoms. The second-order valence-corrected chi connectivity index (χ2v) is 6.50. The van der Waals surface area contributed by atoms with Crippen LogP contribution in [0.3, 0.4) is 0 Å². The van der Waals surface area contributed by atoms with E-state index in [0.717, 1.165) is 6.42 Å². The third-order valence-corrected chi connectivity index (χ3v) is 3.97. The molecule has 0 aliphatic carbocycles. The van der Waals surface area contributed by atoms with Crippen LogP contribution < -0.4 is 25.4 Å². The molecule has 0 aromatic heterocycles. The van der Waals surface area contributed by atoms with Crippen LogP contribution >= 0.6 is 0 Å². The van der Waals surface area contributed by atoms with Crippen molar-refractivity contribution in [3.63, 3.8) is 0 Å². The van der Waals surface area contributed by atoms with Gasteiger partial charge in [0.1, 0.15) is 11.5 Å². The summed E-state index contributed by atoms with van der Waals surface area (Å²) in [6.45, 7) is 2.37. The fraction of sp³-hybridized carbons (Fsp3) is 0.318. The average Bonchev–Trinajstić information content (AvgIpc) is 2.79. The highest BCUT2D eigenvalue weighted by Gasteiger charge is 2.08. The molecule has 2 aromatic rings. The van der Waals surface area contributed by atoms with E-state index < -0.39 is 0 Å². The molecule has 0 bridgehead atoms. The van der Waals surface area contributed by atoms with Crippen LogP contribution in [0, 0.1) is 0 Å². The maximum Gasteiger partial charge on any atom is 0.258 e. The van der Waals surface area contributed by atoms with Gasteiger partial charge in [0.05, 0.1) is 6.61 Å². The smallest absolute Gasteiger partial charge is 0.258 e. The van der Waals surface area contributed by atoms with Crippen LogP contribution in [0.1, 0.15) is 23.7 Å². The number of nitrogens with one attached hydrogen (secondary N) is 3. The Kier molecular flexibility index (Phi) is 9.83. The molecule has 9 heteroatoms. The molecule has 2 aromatic carbocycles. The van der Waals surface area contributed by atoms with Gasteiger partial charge in [-0.15, -0.1) is 0 Å². The first kappa shape index (κ1) is 23.7. The van der Waals surface area contributed by atoms with Crippen molar-refractivity contribution >= 4 is 23.4 Å². The summed E-state index contributed by atoms with van der Waals surface area (Å²) in [5.41, 5.74) is 0.999. The van der Waals surface area contributed by atoms with Gasteiger partial charge in [0, 0.05) is 24.3 Å². The first-order valence-corrected chi connectivity index (χ1v) is 9.93. The lowest BCUT2D eigenvalue weighted by Crippen LogP contribution is -2.31. The molecule has 0 atom stereocenters. The molecule has 0 aliphatic rings. The number of aliphatic hydroxyl groups excluding tert-OH is 1. The highest BCUT2D eigenvalue weighted by atomic mass is 16.5. The summed E-state index contributed by atoms with van der Waals surface area (Å²) in [7, 11) is 0. The van der Waals surface area contributed by atoms with Gasteiger partial charge in [0.2, 0.25) is 0 Å². The van der Waals surface area contributed by atoms with Gasteiger partial charge in [-0.05, 0) is 55.0 Å². The zero-order valence-electron chi connectivity index (χ0n) is 17.3. The average molecular weight is 429 g/mol. The molecule has 4 N–H and O–H groups in total. The number of anilines is 1. The van der Waals surface area contributed by atoms with Crippen LogP contribution in [0.5, 0.6) is 11.5 Å². The predicted octanol–water partition coefficient (Wildman–Crippen LogP) is 1.33. The van der Waals surface area contributed by atoms with Crippen molar-refractivity contribution in [3.05, 3.63) is 54.1 Å². The van der Waals surface area contributed by atoms with E-state index in [9.17, 15) is 14.4 Å². The highest BCUT2D eigenvalue weighted by Crippen LogP contribution is 2.17. The maximum atomic E-state index is 12.4. The summed E-state index contributed by atoms with van der Waals surface area (Å²) in [5.74, 6) is 0.136. The fourth-order valence-corrected chi connectivity index (χ4v) is 2.40. The molecule has 0 unspecified atom stereocenters. The van der Waals surface area contributed by atoms with E-state index in [2.05, 4.69) is 16.0 Å². The molecule has 0 heterocycles. The first-order chi connectivity index (χ1) is 15.0. The second kappa shape index (κ2) is 12.9. The molecular weight excluding hydrogens is 402 g/mol. The Morgan fingerprint density at radius 3 is 1.84 bits per heavy atom. The number of rotatable bonds is 12. The fourth-order valence-electron chi connectivity index (χ4n) is 2.40. The van der Waals surface area contributed by atoms with Gasteiger partial charge in [-0.3, -0.25) is 14.4 Å². The molecule has 2 rings (SSSR count). The summed E-state index contributed by atoms with van der Waals surface area (Å²) in [6.07, 6.45) is 0.860. The number of carbonyl (C=O) groups excluding carboxylic acids is 3. The van der Waals surface area contributed by atoms with Crippen LogP contribution in [0.2, 0.25) is 0 Å². The quantitative estimate of drug-likeness (QED) is 0.403. The monoisotopic (exact) mass is 429 g/mol. The van der Waals surface area contributed by atoms with Gasteiger partial charge in [-0.1, -0.05) is 6.92 Å². The Balaban J connectivity index is 1.80. The SMILES string of the molecule is CCCNC(=O)COc1ccc(NC(=O)c2ccc(OCC(=O)NCCO)cc2)cc1. The largest absolute Gasteiger partial charge is 0.484 e. The zero-order valence-corrected chi connectivity index (χ0v) is 17.3. The minimum Gasteiger partial charge on any atom is -0.484 e. The number of aliphatic hydroxyl groups is 1. The number of ether oxygens (including phenoxy) is 2. The van der Waals surface area contributed by atoms with Crippen LogP contribution in [0.4, 0.5) is 5.69 Å². The van der Waals surface area contributed by atoms with Crippen molar-refractivity contribution in [2.75, 3.05) is 38.2 Å². The Labute approximate surface area is 180 Å². The molecule has 166 valence electrons. The Hall–Kier alpha value is -3.59. The minimum absolute atomic E-state index is 0.0663. The van der Waals surface area contributed by atoms with E-state index in [-0.39, 0.29) is 44.1 Å². The predicted molar refractivity (Wildman–Crippen MR) is 115 cm³/mol. The molecule has 0 fully saturated rings. The lowest BCUT2D eigenvalue weighted by atomic mass is 10.2. The van der Waals surface area contributed by atoms with Crippen molar-refractivity contribution in [3.8, 4) is 11.5 Å². The number of hydrogen-bond acceptors (Lipinski definition) is 6. The van der Waals surface area contributed by atoms with Crippen LogP contribution in [0.25, 0.3) is 0 Å². The van der Waals surface area contributed by atoms with Crippen molar-refractivity contribution in [1.82, 2.24) is 10.6 Å². The van der Waals surface area contributed by atoms with Crippen molar-refractivity contribution in [2.45, 2.75) is 13.3 Å². The molecule has 0 radical (unpaired) electrons. The lowest BCUT2D eigenvalue weighted by Gasteiger charge is -2.09. The Morgan fingerprint density at radius 1 is 0.806 bits per heavy atom. The molecule has 0 saturated heterocycles. The van der Waals surface area contributed by atoms with Gasteiger partial charge < -0.3 is 30.5 Å². The number of hydrogen-bond donors (Lipinski definition) is 4. The van der Waals surface area contributed by atoms with E-state index in [4.69, 9.17) is 14.6 Å². The normalized spacial score (nSPS) is 10.1. The molecule has 31 heavy (non-hydrogen) atoms. The van der Waals surface area contributed by atoms with E-state index in [0.29, 0.717) is 29.3 Å². The topological polar surface area (TPSA) is 126 Å². The standard InChI is InChI=1S/C22H27N3O6/c1-2-11-23-20(27)14-31-19-9-5-17(6-10-19)25-22(29)16-3-7-18(8-4-16)30-15-21(28)24-12-13-26/h3-10,26H,2,11-15H2,1H3,(H,23,27)(H,24,28)(H,25,29). The summed E-state index contributed by atoms with van der Waals surface area (Å²) in [4.78, 5) is 35.4. The maximum absolute atomic E-state index is 12.4. The molecule has 3 amide bonds. The molecule has 9 nitrogen and oxygen atoms in total. The Morgan fingerprint density at radius 2 is 1.32 bits per heavy atom. The van der Waals surface area contributed by atoms with Crippen LogP contribution in [-0.2, 0) is 9.59 Å². The van der Waals surface area contributed by atoms with Crippen LogP contribution in [0.15, 0.2) is 48.5 Å².